The number of nitro benzene ring substituents is 1. The zero-order valence-corrected chi connectivity index (χ0v) is 14.9. The Bertz CT molecular complexity index is 834. The Morgan fingerprint density at radius 1 is 1.19 bits per heavy atom. The zero-order chi connectivity index (χ0) is 19.3. The number of hydrogen-bond acceptors (Lipinski definition) is 6. The average molecular weight is 378 g/mol. The average Bonchev–Trinajstić information content (AvgIpc) is 2.61. The minimum atomic E-state index is -1.13. The molecule has 2 aromatic rings. The highest BCUT2D eigenvalue weighted by Gasteiger charge is 2.26. The van der Waals surface area contributed by atoms with Crippen molar-refractivity contribution in [1.29, 1.82) is 0 Å². The lowest BCUT2D eigenvalue weighted by Gasteiger charge is -2.13. The first kappa shape index (κ1) is 19.4. The molecule has 0 aliphatic carbocycles. The first-order valence-electron chi connectivity index (χ1n) is 7.75. The molecule has 0 aliphatic rings. The molecule has 0 heterocycles. The molecule has 136 valence electrons. The van der Waals surface area contributed by atoms with Gasteiger partial charge in [0.25, 0.3) is 5.69 Å². The number of benzene rings is 2. The van der Waals surface area contributed by atoms with Crippen LogP contribution < -0.4 is 4.74 Å². The molecule has 0 amide bonds. The van der Waals surface area contributed by atoms with Crippen LogP contribution >= 0.6 is 11.6 Å². The van der Waals surface area contributed by atoms with Gasteiger partial charge in [-0.25, -0.2) is 4.79 Å². The maximum atomic E-state index is 12.4. The molecule has 0 bridgehead atoms. The minimum Gasteiger partial charge on any atom is -0.494 e. The minimum absolute atomic E-state index is 0.146. The summed E-state index contributed by atoms with van der Waals surface area (Å²) in [5.74, 6) is -0.819. The number of halogens is 1. The number of Topliss-reactive ketones (excluding diaryl/α,β-unsaturated/α-hetero) is 1. The summed E-state index contributed by atoms with van der Waals surface area (Å²) in [7, 11) is 0. The van der Waals surface area contributed by atoms with E-state index in [1.165, 1.54) is 13.0 Å². The van der Waals surface area contributed by atoms with Crippen molar-refractivity contribution in [3.8, 4) is 5.75 Å². The molecule has 1 atom stereocenters. The largest absolute Gasteiger partial charge is 0.494 e. The maximum absolute atomic E-state index is 12.4. The Kier molecular flexibility index (Phi) is 6.30. The third kappa shape index (κ3) is 4.58. The maximum Gasteiger partial charge on any atom is 0.345 e. The summed E-state index contributed by atoms with van der Waals surface area (Å²) in [6.07, 6.45) is -1.13. The van der Waals surface area contributed by atoms with Crippen LogP contribution in [-0.2, 0) is 4.74 Å². The molecule has 0 saturated carbocycles. The van der Waals surface area contributed by atoms with Gasteiger partial charge >= 0.3 is 5.97 Å². The topological polar surface area (TPSA) is 95.7 Å². The lowest BCUT2D eigenvalue weighted by Crippen LogP contribution is -2.24. The van der Waals surface area contributed by atoms with Crippen molar-refractivity contribution >= 4 is 29.0 Å². The van der Waals surface area contributed by atoms with E-state index in [4.69, 9.17) is 21.1 Å². The molecular weight excluding hydrogens is 362 g/mol. The van der Waals surface area contributed by atoms with Crippen LogP contribution in [-0.4, -0.2) is 29.4 Å². The SMILES string of the molecule is CCOc1ccc(C(=O)[C@@H](C)OC(=O)c2cc(Cl)ccc2[N+](=O)[O-])cc1. The standard InChI is InChI=1S/C18H16ClNO6/c1-3-25-14-7-4-12(5-8-14)17(21)11(2)26-18(22)15-10-13(19)6-9-16(15)20(23)24/h4-11H,3H2,1-2H3/t11-/m1/s1. The Morgan fingerprint density at radius 2 is 1.85 bits per heavy atom. The van der Waals surface area contributed by atoms with Crippen LogP contribution in [0.15, 0.2) is 42.5 Å². The van der Waals surface area contributed by atoms with Crippen LogP contribution in [0.4, 0.5) is 5.69 Å². The van der Waals surface area contributed by atoms with E-state index >= 15 is 0 Å². The quantitative estimate of drug-likeness (QED) is 0.312. The number of ketones is 1. The first-order valence-corrected chi connectivity index (χ1v) is 8.13. The summed E-state index contributed by atoms with van der Waals surface area (Å²) >= 11 is 5.79. The van der Waals surface area contributed by atoms with E-state index in [1.54, 1.807) is 24.3 Å². The molecule has 2 aromatic carbocycles. The van der Waals surface area contributed by atoms with Gasteiger partial charge in [0.2, 0.25) is 5.78 Å². The van der Waals surface area contributed by atoms with Crippen molar-refractivity contribution < 1.29 is 24.0 Å². The van der Waals surface area contributed by atoms with Crippen LogP contribution in [0, 0.1) is 10.1 Å². The van der Waals surface area contributed by atoms with E-state index < -0.39 is 28.5 Å². The van der Waals surface area contributed by atoms with Crippen LogP contribution in [0.3, 0.4) is 0 Å². The van der Waals surface area contributed by atoms with E-state index in [0.29, 0.717) is 17.9 Å². The molecule has 0 unspecified atom stereocenters. The summed E-state index contributed by atoms with van der Waals surface area (Å²) in [6.45, 7) is 3.74. The number of nitrogens with zero attached hydrogens (tertiary/aromatic N) is 1. The molecule has 26 heavy (non-hydrogen) atoms. The van der Waals surface area contributed by atoms with Gasteiger partial charge in [-0.2, -0.15) is 0 Å². The Morgan fingerprint density at radius 3 is 2.42 bits per heavy atom. The van der Waals surface area contributed by atoms with Crippen molar-refractivity contribution in [2.75, 3.05) is 6.61 Å². The molecule has 0 spiro atoms. The van der Waals surface area contributed by atoms with Gasteiger partial charge in [-0.05, 0) is 50.2 Å². The number of carbonyl (C=O) groups excluding carboxylic acids is 2. The highest BCUT2D eigenvalue weighted by molar-refractivity contribution is 6.31. The van der Waals surface area contributed by atoms with E-state index in [-0.39, 0.29) is 10.6 Å². The normalized spacial score (nSPS) is 11.5. The summed E-state index contributed by atoms with van der Waals surface area (Å²) in [5.41, 5.74) is -0.427. The van der Waals surface area contributed by atoms with Gasteiger partial charge in [0.1, 0.15) is 11.3 Å². The van der Waals surface area contributed by atoms with Gasteiger partial charge in [-0.15, -0.1) is 0 Å². The van der Waals surface area contributed by atoms with Crippen molar-refractivity contribution in [2.24, 2.45) is 0 Å². The van der Waals surface area contributed by atoms with Crippen LogP contribution in [0.1, 0.15) is 34.6 Å². The van der Waals surface area contributed by atoms with E-state index in [2.05, 4.69) is 0 Å². The molecule has 0 radical (unpaired) electrons. The van der Waals surface area contributed by atoms with Gasteiger partial charge in [0.05, 0.1) is 11.5 Å². The molecule has 2 rings (SSSR count). The Balaban J connectivity index is 2.15. The second kappa shape index (κ2) is 8.44. The smallest absolute Gasteiger partial charge is 0.345 e. The van der Waals surface area contributed by atoms with E-state index in [0.717, 1.165) is 12.1 Å². The zero-order valence-electron chi connectivity index (χ0n) is 14.1. The van der Waals surface area contributed by atoms with Gasteiger partial charge in [-0.1, -0.05) is 11.6 Å². The third-order valence-corrected chi connectivity index (χ3v) is 3.71. The number of ether oxygens (including phenoxy) is 2. The fraction of sp³-hybridized carbons (Fsp3) is 0.222. The van der Waals surface area contributed by atoms with E-state index in [9.17, 15) is 19.7 Å². The predicted molar refractivity (Wildman–Crippen MR) is 94.9 cm³/mol. The van der Waals surface area contributed by atoms with Gasteiger partial charge in [0, 0.05) is 16.7 Å². The number of carbonyl (C=O) groups is 2. The van der Waals surface area contributed by atoms with Crippen LogP contribution in [0.25, 0.3) is 0 Å². The number of esters is 1. The van der Waals surface area contributed by atoms with Crippen molar-refractivity contribution in [3.05, 3.63) is 68.7 Å². The second-order valence-electron chi connectivity index (χ2n) is 5.29. The molecule has 0 aliphatic heterocycles. The highest BCUT2D eigenvalue weighted by Crippen LogP contribution is 2.24. The molecule has 8 heteroatoms. The van der Waals surface area contributed by atoms with Crippen molar-refractivity contribution in [1.82, 2.24) is 0 Å². The van der Waals surface area contributed by atoms with Gasteiger partial charge < -0.3 is 9.47 Å². The Hall–Kier alpha value is -2.93. The second-order valence-corrected chi connectivity index (χ2v) is 5.72. The summed E-state index contributed by atoms with van der Waals surface area (Å²) in [4.78, 5) is 35.0. The highest BCUT2D eigenvalue weighted by atomic mass is 35.5. The predicted octanol–water partition coefficient (Wildman–Crippen LogP) is 4.08. The molecule has 0 N–H and O–H groups in total. The summed E-state index contributed by atoms with van der Waals surface area (Å²) in [5, 5.41) is 11.2. The molecule has 0 aromatic heterocycles. The fourth-order valence-electron chi connectivity index (χ4n) is 2.23. The monoisotopic (exact) mass is 377 g/mol. The van der Waals surface area contributed by atoms with Gasteiger partial charge in [-0.3, -0.25) is 14.9 Å². The summed E-state index contributed by atoms with van der Waals surface area (Å²) < 4.78 is 10.4. The summed E-state index contributed by atoms with van der Waals surface area (Å²) in [6, 6.07) is 9.91. The number of hydrogen-bond donors (Lipinski definition) is 0. The third-order valence-electron chi connectivity index (χ3n) is 3.48. The molecular formula is C18H16ClNO6. The molecule has 0 fully saturated rings. The first-order chi connectivity index (χ1) is 12.3. The van der Waals surface area contributed by atoms with E-state index in [1.807, 2.05) is 6.92 Å². The lowest BCUT2D eigenvalue weighted by molar-refractivity contribution is -0.385. The fourth-order valence-corrected chi connectivity index (χ4v) is 2.40. The molecule has 0 saturated heterocycles. The number of rotatable bonds is 7. The molecule has 7 nitrogen and oxygen atoms in total. The number of nitro groups is 1. The van der Waals surface area contributed by atoms with Crippen molar-refractivity contribution in [2.45, 2.75) is 20.0 Å². The Labute approximate surface area is 154 Å². The van der Waals surface area contributed by atoms with Crippen LogP contribution in [0.2, 0.25) is 5.02 Å². The van der Waals surface area contributed by atoms with Gasteiger partial charge in [0.15, 0.2) is 6.10 Å². The lowest BCUT2D eigenvalue weighted by atomic mass is 10.1. The van der Waals surface area contributed by atoms with Crippen LogP contribution in [0.5, 0.6) is 5.75 Å². The van der Waals surface area contributed by atoms with Crippen molar-refractivity contribution in [3.63, 3.8) is 0 Å².